The number of methoxy groups -OCH3 is 1. The summed E-state index contributed by atoms with van der Waals surface area (Å²) in [5, 5.41) is 28.8. The van der Waals surface area contributed by atoms with Gasteiger partial charge in [-0.1, -0.05) is 4.68 Å². The Morgan fingerprint density at radius 2 is 2.33 bits per heavy atom. The first-order valence-corrected chi connectivity index (χ1v) is 5.12. The van der Waals surface area contributed by atoms with Crippen LogP contribution in [0, 0.1) is 0 Å². The van der Waals surface area contributed by atoms with E-state index in [1.54, 1.807) is 0 Å². The summed E-state index contributed by atoms with van der Waals surface area (Å²) in [6, 6.07) is 2.93. The number of primary amides is 1. The maximum Gasteiger partial charge on any atom is 0.254 e. The number of nitrogens with zero attached hydrogens (tertiary/aromatic N) is 2. The number of pyridine rings is 1. The molecule has 0 fully saturated rings. The quantitative estimate of drug-likeness (QED) is 0.259. The van der Waals surface area contributed by atoms with E-state index in [0.717, 1.165) is 4.68 Å². The van der Waals surface area contributed by atoms with Crippen molar-refractivity contribution in [2.24, 2.45) is 5.73 Å². The highest BCUT2D eigenvalue weighted by molar-refractivity contribution is 5.92. The number of rotatable bonds is 6. The molecule has 1 aromatic heterocycles. The number of aromatic nitrogens is 1. The van der Waals surface area contributed by atoms with Gasteiger partial charge in [0.25, 0.3) is 5.91 Å². The Bertz CT molecular complexity index is 410. The van der Waals surface area contributed by atoms with Crippen molar-refractivity contribution in [3.63, 3.8) is 0 Å². The van der Waals surface area contributed by atoms with Crippen molar-refractivity contribution in [3.05, 3.63) is 30.1 Å². The Kier molecular flexibility index (Phi) is 4.98. The van der Waals surface area contributed by atoms with Crippen molar-refractivity contribution < 1.29 is 29.6 Å². The predicted octanol–water partition coefficient (Wildman–Crippen LogP) is -2.27. The Labute approximate surface area is 103 Å². The van der Waals surface area contributed by atoms with Crippen LogP contribution in [0.1, 0.15) is 10.4 Å². The Morgan fingerprint density at radius 1 is 1.67 bits per heavy atom. The zero-order chi connectivity index (χ0) is 13.7. The van der Waals surface area contributed by atoms with Crippen LogP contribution in [0.3, 0.4) is 0 Å². The number of hydroxylamine groups is 1. The maximum absolute atomic E-state index is 11.0. The number of aliphatic hydroxyl groups is 2. The molecule has 0 aliphatic rings. The largest absolute Gasteiger partial charge is 0.393 e. The summed E-state index contributed by atoms with van der Waals surface area (Å²) in [6.07, 6.45) is 0.114. The van der Waals surface area contributed by atoms with Crippen molar-refractivity contribution >= 4 is 5.91 Å². The van der Waals surface area contributed by atoms with Gasteiger partial charge in [-0.15, -0.1) is 0 Å². The molecule has 1 heterocycles. The summed E-state index contributed by atoms with van der Waals surface area (Å²) >= 11 is 0. The number of hydrogen-bond donors (Lipinski definition) is 4. The van der Waals surface area contributed by atoms with Crippen LogP contribution in [0.4, 0.5) is 0 Å². The number of ether oxygens (including phenoxy) is 1. The lowest BCUT2D eigenvalue weighted by Gasteiger charge is -2.22. The van der Waals surface area contributed by atoms with E-state index >= 15 is 0 Å². The van der Waals surface area contributed by atoms with E-state index in [4.69, 9.17) is 15.6 Å². The molecule has 1 rings (SSSR count). The Hall–Kier alpha value is -1.74. The first-order valence-electron chi connectivity index (χ1n) is 5.12. The third-order valence-electron chi connectivity index (χ3n) is 2.36. The Balaban J connectivity index is 2.92. The van der Waals surface area contributed by atoms with Crippen LogP contribution in [-0.2, 0) is 4.74 Å². The van der Waals surface area contributed by atoms with Crippen LogP contribution < -0.4 is 15.6 Å². The second kappa shape index (κ2) is 6.26. The zero-order valence-corrected chi connectivity index (χ0v) is 9.80. The predicted molar refractivity (Wildman–Crippen MR) is 59.0 cm³/mol. The topological polar surface area (TPSA) is 120 Å². The van der Waals surface area contributed by atoms with Gasteiger partial charge in [-0.3, -0.25) is 4.79 Å². The van der Waals surface area contributed by atoms with Gasteiger partial charge < -0.3 is 20.7 Å². The summed E-state index contributed by atoms with van der Waals surface area (Å²) < 4.78 is 5.82. The van der Waals surface area contributed by atoms with Gasteiger partial charge in [0.05, 0.1) is 6.61 Å². The number of nitrogens with two attached hydrogens (primary N) is 1. The van der Waals surface area contributed by atoms with E-state index in [2.05, 4.69) is 0 Å². The van der Waals surface area contributed by atoms with Crippen LogP contribution in [-0.4, -0.2) is 47.4 Å². The van der Waals surface area contributed by atoms with Crippen molar-refractivity contribution in [2.45, 2.75) is 12.3 Å². The second-order valence-corrected chi connectivity index (χ2v) is 3.53. The highest BCUT2D eigenvalue weighted by Crippen LogP contribution is 1.99. The zero-order valence-electron chi connectivity index (χ0n) is 9.80. The Morgan fingerprint density at radius 3 is 2.83 bits per heavy atom. The fourth-order valence-corrected chi connectivity index (χ4v) is 1.31. The molecule has 8 heteroatoms. The van der Waals surface area contributed by atoms with Crippen LogP contribution in [0.15, 0.2) is 24.5 Å². The van der Waals surface area contributed by atoms with E-state index in [-0.39, 0.29) is 5.56 Å². The minimum Gasteiger partial charge on any atom is -0.393 e. The average molecular weight is 258 g/mol. The number of amides is 1. The SMILES string of the molecule is COC(CO)[C@H](O)N(O)[n+]1cccc(C(N)=O)c1. The molecule has 1 amide bonds. The molecule has 0 aromatic carbocycles. The van der Waals surface area contributed by atoms with Crippen molar-refractivity contribution in [1.29, 1.82) is 0 Å². The molecule has 1 aromatic rings. The molecule has 18 heavy (non-hydrogen) atoms. The monoisotopic (exact) mass is 258 g/mol. The molecular formula is C10H16N3O5+. The van der Waals surface area contributed by atoms with Crippen LogP contribution >= 0.6 is 0 Å². The molecule has 100 valence electrons. The van der Waals surface area contributed by atoms with E-state index in [1.165, 1.54) is 31.6 Å². The van der Waals surface area contributed by atoms with Gasteiger partial charge >= 0.3 is 0 Å². The molecule has 1 unspecified atom stereocenters. The van der Waals surface area contributed by atoms with Crippen LogP contribution in [0.5, 0.6) is 0 Å². The van der Waals surface area contributed by atoms with Crippen LogP contribution in [0.25, 0.3) is 0 Å². The lowest BCUT2D eigenvalue weighted by molar-refractivity contribution is -0.739. The third-order valence-corrected chi connectivity index (χ3v) is 2.36. The first kappa shape index (κ1) is 14.3. The molecule has 8 nitrogen and oxygen atoms in total. The van der Waals surface area contributed by atoms with Gasteiger partial charge in [-0.2, -0.15) is 0 Å². The molecule has 5 N–H and O–H groups in total. The summed E-state index contributed by atoms with van der Waals surface area (Å²) in [7, 11) is 1.28. The minimum atomic E-state index is -1.51. The molecule has 0 aliphatic carbocycles. The molecule has 0 radical (unpaired) electrons. The van der Waals surface area contributed by atoms with E-state index in [9.17, 15) is 15.1 Å². The lowest BCUT2D eigenvalue weighted by atomic mass is 10.3. The lowest BCUT2D eigenvalue weighted by Crippen LogP contribution is -2.64. The number of carbonyl (C=O) groups is 1. The fraction of sp³-hybridized carbons (Fsp3) is 0.400. The highest BCUT2D eigenvalue weighted by atomic mass is 16.6. The molecular weight excluding hydrogens is 242 g/mol. The molecule has 0 spiro atoms. The van der Waals surface area contributed by atoms with Crippen LogP contribution in [0.2, 0.25) is 0 Å². The van der Waals surface area contributed by atoms with Crippen molar-refractivity contribution in [3.8, 4) is 0 Å². The van der Waals surface area contributed by atoms with Crippen molar-refractivity contribution in [1.82, 2.24) is 0 Å². The van der Waals surface area contributed by atoms with Gasteiger partial charge in [0.1, 0.15) is 11.7 Å². The maximum atomic E-state index is 11.0. The van der Waals surface area contributed by atoms with Crippen molar-refractivity contribution in [2.75, 3.05) is 18.9 Å². The number of aliphatic hydroxyl groups excluding tert-OH is 2. The third kappa shape index (κ3) is 3.14. The smallest absolute Gasteiger partial charge is 0.254 e. The van der Waals surface area contributed by atoms with Gasteiger partial charge in [-0.05, 0) is 11.2 Å². The summed E-state index contributed by atoms with van der Waals surface area (Å²) in [6.45, 7) is -0.481. The molecule has 0 saturated heterocycles. The molecule has 2 atom stereocenters. The normalized spacial score (nSPS) is 14.0. The van der Waals surface area contributed by atoms with E-state index in [0.29, 0.717) is 5.17 Å². The minimum absolute atomic E-state index is 0.154. The summed E-state index contributed by atoms with van der Waals surface area (Å²) in [5.41, 5.74) is 5.25. The standard InChI is InChI=1S/C10H15N3O5/c1-18-8(6-14)10(16)13(17)12-4-2-3-7(5-12)9(11)15/h2-5,8,10,14,16-17H,6H2,1H3,(H-,11,15)/p+1/t8?,10-/m0/s1. The van der Waals surface area contributed by atoms with E-state index in [1.807, 2.05) is 0 Å². The number of hydrogen-bond acceptors (Lipinski definition) is 6. The van der Waals surface area contributed by atoms with Gasteiger partial charge in [0, 0.05) is 13.2 Å². The fourth-order valence-electron chi connectivity index (χ4n) is 1.31. The average Bonchev–Trinajstić information content (AvgIpc) is 2.39. The molecule has 0 bridgehead atoms. The van der Waals surface area contributed by atoms with Gasteiger partial charge in [0.2, 0.25) is 18.6 Å². The highest BCUT2D eigenvalue weighted by Gasteiger charge is 2.30. The van der Waals surface area contributed by atoms with E-state index < -0.39 is 24.8 Å². The molecule has 0 saturated carbocycles. The summed E-state index contributed by atoms with van der Waals surface area (Å²) in [5.74, 6) is -0.669. The number of carbonyl (C=O) groups excluding carboxylic acids is 1. The van der Waals surface area contributed by atoms with Gasteiger partial charge in [0.15, 0.2) is 0 Å². The molecule has 0 aliphatic heterocycles. The van der Waals surface area contributed by atoms with Gasteiger partial charge in [-0.25, -0.2) is 5.21 Å². The first-order chi connectivity index (χ1) is 8.51. The second-order valence-electron chi connectivity index (χ2n) is 3.53. The summed E-state index contributed by atoms with van der Waals surface area (Å²) in [4.78, 5) is 11.0.